The van der Waals surface area contributed by atoms with E-state index in [1.54, 1.807) is 0 Å². The molecule has 1 saturated carbocycles. The normalized spacial score (nSPS) is 22.9. The van der Waals surface area contributed by atoms with Gasteiger partial charge in [-0.05, 0) is 42.2 Å². The third-order valence-corrected chi connectivity index (χ3v) is 3.85. The van der Waals surface area contributed by atoms with Crippen LogP contribution in [-0.2, 0) is 6.54 Å². The Hall–Kier alpha value is -0.890. The number of pyridine rings is 1. The number of nitrogens with zero attached hydrogens (tertiary/aromatic N) is 1. The molecule has 0 aliphatic heterocycles. The van der Waals surface area contributed by atoms with Crippen LogP contribution >= 0.6 is 0 Å². The van der Waals surface area contributed by atoms with Crippen LogP contribution in [0.4, 0.5) is 0 Å². The van der Waals surface area contributed by atoms with E-state index in [4.69, 9.17) is 0 Å². The Kier molecular flexibility index (Phi) is 3.76. The predicted molar refractivity (Wildman–Crippen MR) is 76.3 cm³/mol. The summed E-state index contributed by atoms with van der Waals surface area (Å²) in [6.07, 6.45) is 5.72. The smallest absolute Gasteiger partial charge is 0.0541 e. The SMILES string of the molecule is CC1(C)CC(NCc2ccccn2)CC(C)(C)C1. The second-order valence-electron chi connectivity index (χ2n) is 7.31. The summed E-state index contributed by atoms with van der Waals surface area (Å²) in [7, 11) is 0. The first-order chi connectivity index (χ1) is 8.36. The van der Waals surface area contributed by atoms with E-state index in [-0.39, 0.29) is 0 Å². The largest absolute Gasteiger partial charge is 0.308 e. The molecule has 1 fully saturated rings. The molecule has 1 aliphatic carbocycles. The van der Waals surface area contributed by atoms with E-state index < -0.39 is 0 Å². The minimum Gasteiger partial charge on any atom is -0.308 e. The Bertz CT molecular complexity index is 365. The van der Waals surface area contributed by atoms with Crippen LogP contribution in [0.25, 0.3) is 0 Å². The van der Waals surface area contributed by atoms with Gasteiger partial charge in [-0.1, -0.05) is 33.8 Å². The maximum atomic E-state index is 4.37. The van der Waals surface area contributed by atoms with Crippen molar-refractivity contribution in [3.05, 3.63) is 30.1 Å². The highest BCUT2D eigenvalue weighted by Gasteiger charge is 2.38. The van der Waals surface area contributed by atoms with Gasteiger partial charge in [0.1, 0.15) is 0 Å². The minimum atomic E-state index is 0.448. The molecular weight excluding hydrogens is 220 g/mol. The van der Waals surface area contributed by atoms with Crippen LogP contribution < -0.4 is 5.32 Å². The molecule has 0 radical (unpaired) electrons. The Morgan fingerprint density at radius 2 is 1.83 bits per heavy atom. The highest BCUT2D eigenvalue weighted by atomic mass is 14.9. The summed E-state index contributed by atoms with van der Waals surface area (Å²) in [5.41, 5.74) is 2.03. The number of hydrogen-bond acceptors (Lipinski definition) is 2. The summed E-state index contributed by atoms with van der Waals surface area (Å²) >= 11 is 0. The molecule has 0 aromatic carbocycles. The van der Waals surface area contributed by atoms with E-state index in [0.29, 0.717) is 16.9 Å². The molecule has 0 spiro atoms. The lowest BCUT2D eigenvalue weighted by Gasteiger charge is -2.45. The van der Waals surface area contributed by atoms with Gasteiger partial charge < -0.3 is 5.32 Å². The lowest BCUT2D eigenvalue weighted by Crippen LogP contribution is -2.43. The Morgan fingerprint density at radius 3 is 2.39 bits per heavy atom. The van der Waals surface area contributed by atoms with Crippen LogP contribution in [0.2, 0.25) is 0 Å². The van der Waals surface area contributed by atoms with Crippen LogP contribution in [0.1, 0.15) is 52.7 Å². The van der Waals surface area contributed by atoms with Gasteiger partial charge in [0.15, 0.2) is 0 Å². The second kappa shape index (κ2) is 5.00. The fraction of sp³-hybridized carbons (Fsp3) is 0.688. The van der Waals surface area contributed by atoms with Crippen molar-refractivity contribution in [3.8, 4) is 0 Å². The number of aromatic nitrogens is 1. The highest BCUT2D eigenvalue weighted by Crippen LogP contribution is 2.45. The van der Waals surface area contributed by atoms with Gasteiger partial charge in [-0.2, -0.15) is 0 Å². The molecule has 2 rings (SSSR count). The van der Waals surface area contributed by atoms with Crippen molar-refractivity contribution >= 4 is 0 Å². The van der Waals surface area contributed by atoms with Crippen molar-refractivity contribution in [2.45, 2.75) is 59.5 Å². The van der Waals surface area contributed by atoms with Crippen LogP contribution in [0, 0.1) is 10.8 Å². The van der Waals surface area contributed by atoms with Gasteiger partial charge in [-0.25, -0.2) is 0 Å². The summed E-state index contributed by atoms with van der Waals surface area (Å²) < 4.78 is 0. The van der Waals surface area contributed by atoms with E-state index in [2.05, 4.69) is 50.1 Å². The standard InChI is InChI=1S/C16H26N2/c1-15(2)9-14(10-16(3,4)12-15)18-11-13-7-5-6-8-17-13/h5-8,14,18H,9-12H2,1-4H3. The van der Waals surface area contributed by atoms with Gasteiger partial charge in [-0.3, -0.25) is 4.98 Å². The fourth-order valence-electron chi connectivity index (χ4n) is 3.74. The van der Waals surface area contributed by atoms with E-state index in [1.165, 1.54) is 19.3 Å². The van der Waals surface area contributed by atoms with Gasteiger partial charge in [0.05, 0.1) is 5.69 Å². The summed E-state index contributed by atoms with van der Waals surface area (Å²) in [5, 5.41) is 3.69. The first kappa shape index (κ1) is 13.5. The van der Waals surface area contributed by atoms with E-state index in [1.807, 2.05) is 12.3 Å². The van der Waals surface area contributed by atoms with Gasteiger partial charge in [-0.15, -0.1) is 0 Å². The molecule has 2 heteroatoms. The first-order valence-corrected chi connectivity index (χ1v) is 7.00. The maximum Gasteiger partial charge on any atom is 0.0541 e. The predicted octanol–water partition coefficient (Wildman–Crippen LogP) is 3.78. The van der Waals surface area contributed by atoms with Crippen LogP contribution in [0.3, 0.4) is 0 Å². The monoisotopic (exact) mass is 246 g/mol. The molecule has 100 valence electrons. The van der Waals surface area contributed by atoms with Crippen molar-refractivity contribution in [1.82, 2.24) is 10.3 Å². The first-order valence-electron chi connectivity index (χ1n) is 7.00. The minimum absolute atomic E-state index is 0.448. The summed E-state index contributed by atoms with van der Waals surface area (Å²) in [4.78, 5) is 4.37. The Morgan fingerprint density at radius 1 is 1.17 bits per heavy atom. The van der Waals surface area contributed by atoms with Gasteiger partial charge in [0, 0.05) is 18.8 Å². The van der Waals surface area contributed by atoms with E-state index >= 15 is 0 Å². The molecule has 0 atom stereocenters. The van der Waals surface area contributed by atoms with E-state index in [0.717, 1.165) is 12.2 Å². The van der Waals surface area contributed by atoms with E-state index in [9.17, 15) is 0 Å². The van der Waals surface area contributed by atoms with Crippen LogP contribution in [0.15, 0.2) is 24.4 Å². The molecular formula is C16H26N2. The zero-order valence-electron chi connectivity index (χ0n) is 12.2. The van der Waals surface area contributed by atoms with Crippen LogP contribution in [-0.4, -0.2) is 11.0 Å². The zero-order valence-corrected chi connectivity index (χ0v) is 12.2. The van der Waals surface area contributed by atoms with Gasteiger partial charge in [0.25, 0.3) is 0 Å². The molecule has 18 heavy (non-hydrogen) atoms. The molecule has 1 N–H and O–H groups in total. The van der Waals surface area contributed by atoms with Gasteiger partial charge >= 0.3 is 0 Å². The molecule has 1 aromatic heterocycles. The average molecular weight is 246 g/mol. The summed E-state index contributed by atoms with van der Waals surface area (Å²) in [6.45, 7) is 10.5. The molecule has 0 bridgehead atoms. The van der Waals surface area contributed by atoms with Crippen molar-refractivity contribution in [2.24, 2.45) is 10.8 Å². The molecule has 0 amide bonds. The summed E-state index contributed by atoms with van der Waals surface area (Å²) in [6, 6.07) is 6.73. The fourth-order valence-corrected chi connectivity index (χ4v) is 3.74. The number of rotatable bonds is 3. The van der Waals surface area contributed by atoms with Crippen molar-refractivity contribution in [3.63, 3.8) is 0 Å². The molecule has 0 saturated heterocycles. The second-order valence-corrected chi connectivity index (χ2v) is 7.31. The molecule has 1 aliphatic rings. The Labute approximate surface area is 111 Å². The topological polar surface area (TPSA) is 24.9 Å². The third kappa shape index (κ3) is 3.81. The lowest BCUT2D eigenvalue weighted by molar-refractivity contribution is 0.0843. The zero-order chi connectivity index (χ0) is 13.2. The van der Waals surface area contributed by atoms with Gasteiger partial charge in [0.2, 0.25) is 0 Å². The molecule has 1 heterocycles. The number of hydrogen-bond donors (Lipinski definition) is 1. The summed E-state index contributed by atoms with van der Waals surface area (Å²) in [5.74, 6) is 0. The molecule has 1 aromatic rings. The third-order valence-electron chi connectivity index (χ3n) is 3.85. The molecule has 2 nitrogen and oxygen atoms in total. The van der Waals surface area contributed by atoms with Crippen molar-refractivity contribution < 1.29 is 0 Å². The number of nitrogens with one attached hydrogen (secondary N) is 1. The Balaban J connectivity index is 1.93. The average Bonchev–Trinajstić information content (AvgIpc) is 2.24. The lowest BCUT2D eigenvalue weighted by atomic mass is 9.63. The molecule has 0 unspecified atom stereocenters. The quantitative estimate of drug-likeness (QED) is 0.878. The van der Waals surface area contributed by atoms with Crippen LogP contribution in [0.5, 0.6) is 0 Å². The maximum absolute atomic E-state index is 4.37. The van der Waals surface area contributed by atoms with Crippen molar-refractivity contribution in [1.29, 1.82) is 0 Å². The van der Waals surface area contributed by atoms with Crippen molar-refractivity contribution in [2.75, 3.05) is 0 Å². The highest BCUT2D eigenvalue weighted by molar-refractivity contribution is 5.03.